The van der Waals surface area contributed by atoms with Gasteiger partial charge in [0.15, 0.2) is 5.60 Å². The number of rotatable bonds is 1. The zero-order valence-corrected chi connectivity index (χ0v) is 8.71. The first-order valence-electron chi connectivity index (χ1n) is 4.48. The predicted octanol–water partition coefficient (Wildman–Crippen LogP) is 2.20. The lowest BCUT2D eigenvalue weighted by molar-refractivity contribution is -0.259. The minimum Gasteiger partial charge on any atom is -0.376 e. The lowest BCUT2D eigenvalue weighted by Crippen LogP contribution is -2.39. The van der Waals surface area contributed by atoms with Crippen molar-refractivity contribution >= 4 is 0 Å². The molecule has 17 heavy (non-hydrogen) atoms. The van der Waals surface area contributed by atoms with Crippen LogP contribution in [0.25, 0.3) is 0 Å². The molecule has 0 spiro atoms. The first-order valence-corrected chi connectivity index (χ1v) is 4.48. The Morgan fingerprint density at radius 2 is 1.76 bits per heavy atom. The van der Waals surface area contributed by atoms with Gasteiger partial charge in [-0.15, -0.1) is 0 Å². The second-order valence-electron chi connectivity index (χ2n) is 3.55. The molecule has 0 heterocycles. The molecule has 3 nitrogen and oxygen atoms in total. The second-order valence-corrected chi connectivity index (χ2v) is 3.55. The molecule has 1 aromatic carbocycles. The number of aliphatic hydroxyl groups is 1. The molecule has 1 unspecified atom stereocenters. The molecule has 1 aromatic rings. The van der Waals surface area contributed by atoms with E-state index >= 15 is 0 Å². The molecular formula is C11H7F3N2O. The van der Waals surface area contributed by atoms with Crippen LogP contribution in [0, 0.1) is 22.7 Å². The summed E-state index contributed by atoms with van der Waals surface area (Å²) in [6.45, 7) is 0.565. The molecule has 0 radical (unpaired) electrons. The Bertz CT molecular complexity index is 521. The maximum absolute atomic E-state index is 12.6. The minimum atomic E-state index is -4.90. The van der Waals surface area contributed by atoms with Crippen LogP contribution >= 0.6 is 0 Å². The number of benzene rings is 1. The summed E-state index contributed by atoms with van der Waals surface area (Å²) in [4.78, 5) is 0. The molecule has 0 aliphatic carbocycles. The fourth-order valence-electron chi connectivity index (χ4n) is 1.28. The van der Waals surface area contributed by atoms with E-state index in [0.717, 1.165) is 18.2 Å². The van der Waals surface area contributed by atoms with Crippen LogP contribution in [0.3, 0.4) is 0 Å². The predicted molar refractivity (Wildman–Crippen MR) is 51.5 cm³/mol. The van der Waals surface area contributed by atoms with Crippen LogP contribution in [-0.2, 0) is 5.60 Å². The van der Waals surface area contributed by atoms with Gasteiger partial charge in [0, 0.05) is 5.56 Å². The van der Waals surface area contributed by atoms with Gasteiger partial charge in [0.1, 0.15) is 0 Å². The topological polar surface area (TPSA) is 67.8 Å². The average molecular weight is 240 g/mol. The van der Waals surface area contributed by atoms with Gasteiger partial charge in [-0.2, -0.15) is 23.7 Å². The van der Waals surface area contributed by atoms with Crippen molar-refractivity contribution in [3.8, 4) is 12.1 Å². The van der Waals surface area contributed by atoms with Gasteiger partial charge in [-0.05, 0) is 19.1 Å². The largest absolute Gasteiger partial charge is 0.421 e. The van der Waals surface area contributed by atoms with Gasteiger partial charge in [0.05, 0.1) is 23.3 Å². The molecule has 1 N–H and O–H groups in total. The lowest BCUT2D eigenvalue weighted by atomic mass is 9.90. The summed E-state index contributed by atoms with van der Waals surface area (Å²) < 4.78 is 37.8. The van der Waals surface area contributed by atoms with E-state index in [-0.39, 0.29) is 11.1 Å². The van der Waals surface area contributed by atoms with E-state index in [2.05, 4.69) is 0 Å². The van der Waals surface area contributed by atoms with Gasteiger partial charge < -0.3 is 5.11 Å². The van der Waals surface area contributed by atoms with Crippen molar-refractivity contribution in [2.45, 2.75) is 18.7 Å². The molecule has 6 heteroatoms. The van der Waals surface area contributed by atoms with Gasteiger partial charge in [-0.3, -0.25) is 0 Å². The van der Waals surface area contributed by atoms with Gasteiger partial charge in [-0.1, -0.05) is 6.07 Å². The number of halogens is 3. The maximum atomic E-state index is 12.6. The molecule has 0 fully saturated rings. The third-order valence-electron chi connectivity index (χ3n) is 2.35. The van der Waals surface area contributed by atoms with E-state index in [4.69, 9.17) is 10.5 Å². The molecule has 0 amide bonds. The highest BCUT2D eigenvalue weighted by atomic mass is 19.4. The van der Waals surface area contributed by atoms with E-state index < -0.39 is 17.3 Å². The molecule has 88 valence electrons. The number of nitriles is 2. The SMILES string of the molecule is CC(O)(c1ccc(C#N)cc1C#N)C(F)(F)F. The second kappa shape index (κ2) is 4.08. The molecule has 0 saturated heterocycles. The molecule has 0 aromatic heterocycles. The van der Waals surface area contributed by atoms with Crippen LogP contribution in [0.4, 0.5) is 13.2 Å². The summed E-state index contributed by atoms with van der Waals surface area (Å²) in [6, 6.07) is 6.31. The Kier molecular flexibility index (Phi) is 3.12. The van der Waals surface area contributed by atoms with E-state index in [1.807, 2.05) is 0 Å². The monoisotopic (exact) mass is 240 g/mol. The summed E-state index contributed by atoms with van der Waals surface area (Å²) in [7, 11) is 0. The fourth-order valence-corrected chi connectivity index (χ4v) is 1.28. The third kappa shape index (κ3) is 2.22. The Hall–Kier alpha value is -2.05. The van der Waals surface area contributed by atoms with Crippen LogP contribution in [0.2, 0.25) is 0 Å². The molecule has 1 atom stereocenters. The standard InChI is InChI=1S/C11H7F3N2O/c1-10(17,11(12,13)14)9-3-2-7(5-15)4-8(9)6-16/h2-4,17H,1H3. The maximum Gasteiger partial charge on any atom is 0.421 e. The molecule has 0 aliphatic heterocycles. The van der Waals surface area contributed by atoms with Crippen molar-refractivity contribution in [3.63, 3.8) is 0 Å². The van der Waals surface area contributed by atoms with Crippen LogP contribution < -0.4 is 0 Å². The molecule has 0 aliphatic rings. The highest BCUT2D eigenvalue weighted by molar-refractivity contribution is 5.47. The summed E-state index contributed by atoms with van der Waals surface area (Å²) in [6.07, 6.45) is -4.90. The molecular weight excluding hydrogens is 233 g/mol. The van der Waals surface area contributed by atoms with Crippen molar-refractivity contribution < 1.29 is 18.3 Å². The van der Waals surface area contributed by atoms with Gasteiger partial charge in [0.25, 0.3) is 0 Å². The first kappa shape index (κ1) is 13.0. The van der Waals surface area contributed by atoms with Crippen LogP contribution in [-0.4, -0.2) is 11.3 Å². The van der Waals surface area contributed by atoms with Crippen molar-refractivity contribution in [2.24, 2.45) is 0 Å². The Labute approximate surface area is 95.3 Å². The van der Waals surface area contributed by atoms with E-state index in [1.54, 1.807) is 6.07 Å². The van der Waals surface area contributed by atoms with Crippen molar-refractivity contribution in [1.82, 2.24) is 0 Å². The van der Waals surface area contributed by atoms with Crippen LogP contribution in [0.5, 0.6) is 0 Å². The third-order valence-corrected chi connectivity index (χ3v) is 2.35. The van der Waals surface area contributed by atoms with Crippen molar-refractivity contribution in [1.29, 1.82) is 10.5 Å². The zero-order valence-electron chi connectivity index (χ0n) is 8.71. The quantitative estimate of drug-likeness (QED) is 0.818. The highest BCUT2D eigenvalue weighted by Gasteiger charge is 2.52. The zero-order chi connectivity index (χ0) is 13.3. The number of nitrogens with zero attached hydrogens (tertiary/aromatic N) is 2. The molecule has 0 saturated carbocycles. The Morgan fingerprint density at radius 1 is 1.18 bits per heavy atom. The summed E-state index contributed by atoms with van der Waals surface area (Å²) >= 11 is 0. The number of hydrogen-bond acceptors (Lipinski definition) is 3. The van der Waals surface area contributed by atoms with Crippen molar-refractivity contribution in [3.05, 3.63) is 34.9 Å². The summed E-state index contributed by atoms with van der Waals surface area (Å²) in [5, 5.41) is 26.7. The highest BCUT2D eigenvalue weighted by Crippen LogP contribution is 2.39. The minimum absolute atomic E-state index is 0.0586. The van der Waals surface area contributed by atoms with E-state index in [9.17, 15) is 18.3 Å². The van der Waals surface area contributed by atoms with Crippen molar-refractivity contribution in [2.75, 3.05) is 0 Å². The van der Waals surface area contributed by atoms with Gasteiger partial charge >= 0.3 is 6.18 Å². The van der Waals surface area contributed by atoms with Crippen LogP contribution in [0.15, 0.2) is 18.2 Å². The Morgan fingerprint density at radius 3 is 2.18 bits per heavy atom. The van der Waals surface area contributed by atoms with Crippen LogP contribution in [0.1, 0.15) is 23.6 Å². The van der Waals surface area contributed by atoms with Gasteiger partial charge in [0.2, 0.25) is 0 Å². The molecule has 1 rings (SSSR count). The number of hydrogen-bond donors (Lipinski definition) is 1. The molecule has 0 bridgehead atoms. The summed E-state index contributed by atoms with van der Waals surface area (Å²) in [5.74, 6) is 0. The van der Waals surface area contributed by atoms with Gasteiger partial charge in [-0.25, -0.2) is 0 Å². The fraction of sp³-hybridized carbons (Fsp3) is 0.273. The number of alkyl halides is 3. The Balaban J connectivity index is 3.45. The lowest BCUT2D eigenvalue weighted by Gasteiger charge is -2.27. The smallest absolute Gasteiger partial charge is 0.376 e. The average Bonchev–Trinajstić information content (AvgIpc) is 2.26. The van der Waals surface area contributed by atoms with E-state index in [1.165, 1.54) is 6.07 Å². The first-order chi connectivity index (χ1) is 7.74. The normalized spacial score (nSPS) is 14.5. The van der Waals surface area contributed by atoms with E-state index in [0.29, 0.717) is 6.92 Å². The summed E-state index contributed by atoms with van der Waals surface area (Å²) in [5.41, 5.74) is -3.99.